The molecule has 3 nitrogen and oxygen atoms in total. The molecule has 27 heavy (non-hydrogen) atoms. The first kappa shape index (κ1) is 19.0. The van der Waals surface area contributed by atoms with E-state index < -0.39 is 18.6 Å². The molecule has 0 aliphatic carbocycles. The zero-order valence-corrected chi connectivity index (χ0v) is 15.0. The van der Waals surface area contributed by atoms with Crippen molar-refractivity contribution in [3.63, 3.8) is 0 Å². The maximum atomic E-state index is 13.0. The molecular weight excluding hydrogens is 375 g/mol. The maximum Gasteiger partial charge on any atom is 0.406 e. The van der Waals surface area contributed by atoms with Crippen molar-refractivity contribution in [2.24, 2.45) is 0 Å². The highest BCUT2D eigenvalue weighted by Crippen LogP contribution is 2.28. The van der Waals surface area contributed by atoms with E-state index in [0.29, 0.717) is 11.3 Å². The molecule has 0 radical (unpaired) electrons. The largest absolute Gasteiger partial charge is 0.457 e. The monoisotopic (exact) mass is 391 g/mol. The Bertz CT molecular complexity index is 880. The molecule has 0 aliphatic rings. The number of ether oxygens (including phenoxy) is 1. The lowest BCUT2D eigenvalue weighted by Gasteiger charge is -2.24. The van der Waals surface area contributed by atoms with Crippen LogP contribution in [0.1, 0.15) is 15.9 Å². The van der Waals surface area contributed by atoms with Gasteiger partial charge in [0.05, 0.1) is 5.56 Å². The molecule has 0 saturated carbocycles. The molecule has 0 atom stereocenters. The van der Waals surface area contributed by atoms with Crippen LogP contribution in [-0.4, -0.2) is 23.5 Å². The first-order chi connectivity index (χ1) is 12.9. The first-order valence-corrected chi connectivity index (χ1v) is 9.06. The summed E-state index contributed by atoms with van der Waals surface area (Å²) in [5.74, 6) is -0.0193. The van der Waals surface area contributed by atoms with Gasteiger partial charge in [0.25, 0.3) is 5.91 Å². The summed E-state index contributed by atoms with van der Waals surface area (Å²) < 4.78 is 44.8. The normalized spacial score (nSPS) is 11.2. The van der Waals surface area contributed by atoms with Gasteiger partial charge >= 0.3 is 6.18 Å². The number of benzene rings is 2. The average molecular weight is 391 g/mol. The number of para-hydroxylation sites is 2. The van der Waals surface area contributed by atoms with Crippen LogP contribution in [0.25, 0.3) is 0 Å². The number of rotatable bonds is 6. The van der Waals surface area contributed by atoms with Crippen LogP contribution >= 0.6 is 11.3 Å². The van der Waals surface area contributed by atoms with Gasteiger partial charge in [-0.1, -0.05) is 30.3 Å². The van der Waals surface area contributed by atoms with Crippen LogP contribution in [0.15, 0.2) is 71.4 Å². The van der Waals surface area contributed by atoms with Crippen LogP contribution in [0, 0.1) is 0 Å². The van der Waals surface area contributed by atoms with E-state index in [4.69, 9.17) is 4.74 Å². The summed E-state index contributed by atoms with van der Waals surface area (Å²) in [6.45, 7) is -1.46. The van der Waals surface area contributed by atoms with E-state index in [2.05, 4.69) is 0 Å². The zero-order valence-electron chi connectivity index (χ0n) is 14.1. The van der Waals surface area contributed by atoms with Crippen LogP contribution in [0.3, 0.4) is 0 Å². The van der Waals surface area contributed by atoms with E-state index in [-0.39, 0.29) is 17.9 Å². The fraction of sp³-hybridized carbons (Fsp3) is 0.150. The van der Waals surface area contributed by atoms with Gasteiger partial charge in [-0.2, -0.15) is 24.5 Å². The summed E-state index contributed by atoms with van der Waals surface area (Å²) in [5, 5.41) is 3.49. The predicted octanol–water partition coefficient (Wildman–Crippen LogP) is 5.75. The molecule has 0 aliphatic heterocycles. The topological polar surface area (TPSA) is 29.5 Å². The smallest absolute Gasteiger partial charge is 0.406 e. The Morgan fingerprint density at radius 1 is 1.00 bits per heavy atom. The average Bonchev–Trinajstić information content (AvgIpc) is 3.14. The third kappa shape index (κ3) is 5.34. The number of alkyl halides is 3. The number of carbonyl (C=O) groups excluding carboxylic acids is 1. The van der Waals surface area contributed by atoms with Crippen LogP contribution < -0.4 is 4.74 Å². The Morgan fingerprint density at radius 2 is 1.70 bits per heavy atom. The molecule has 0 N–H and O–H groups in total. The van der Waals surface area contributed by atoms with E-state index in [1.54, 1.807) is 59.3 Å². The third-order valence-electron chi connectivity index (χ3n) is 3.70. The molecule has 1 heterocycles. The second-order valence-electron chi connectivity index (χ2n) is 5.82. The minimum absolute atomic E-state index is 0.0841. The molecular formula is C20H16F3NO2S. The molecule has 3 aromatic rings. The quantitative estimate of drug-likeness (QED) is 0.536. The Hall–Kier alpha value is -2.80. The molecule has 0 saturated heterocycles. The summed E-state index contributed by atoms with van der Waals surface area (Å²) in [5.41, 5.74) is 0.736. The number of halogens is 3. The van der Waals surface area contributed by atoms with Gasteiger partial charge in [0.1, 0.15) is 18.0 Å². The van der Waals surface area contributed by atoms with E-state index in [9.17, 15) is 18.0 Å². The van der Waals surface area contributed by atoms with Crippen molar-refractivity contribution in [1.29, 1.82) is 0 Å². The van der Waals surface area contributed by atoms with E-state index in [0.717, 1.165) is 4.90 Å². The van der Waals surface area contributed by atoms with Crippen LogP contribution in [-0.2, 0) is 6.54 Å². The predicted molar refractivity (Wildman–Crippen MR) is 98.1 cm³/mol. The van der Waals surface area contributed by atoms with Gasteiger partial charge in [-0.05, 0) is 46.7 Å². The minimum atomic E-state index is -4.50. The van der Waals surface area contributed by atoms with E-state index in [1.165, 1.54) is 17.4 Å². The van der Waals surface area contributed by atoms with Crippen LogP contribution in [0.4, 0.5) is 13.2 Å². The lowest BCUT2D eigenvalue weighted by Crippen LogP contribution is -2.38. The van der Waals surface area contributed by atoms with Gasteiger partial charge in [-0.3, -0.25) is 4.79 Å². The Morgan fingerprint density at radius 3 is 2.37 bits per heavy atom. The number of hydrogen-bond acceptors (Lipinski definition) is 3. The maximum absolute atomic E-state index is 13.0. The standard InChI is InChI=1S/C20H16F3NO2S/c21-20(22,23)14-24(12-15-10-11-27-13-15)19(25)17-8-4-5-9-18(17)26-16-6-2-1-3-7-16/h1-11,13H,12,14H2. The minimum Gasteiger partial charge on any atom is -0.457 e. The van der Waals surface area contributed by atoms with Crippen LogP contribution in [0.5, 0.6) is 11.5 Å². The second-order valence-corrected chi connectivity index (χ2v) is 6.60. The summed E-state index contributed by atoms with van der Waals surface area (Å²) in [4.78, 5) is 13.7. The molecule has 1 aromatic heterocycles. The molecule has 7 heteroatoms. The summed E-state index contributed by atoms with van der Waals surface area (Å²) in [6.07, 6.45) is -4.50. The lowest BCUT2D eigenvalue weighted by atomic mass is 10.1. The molecule has 0 spiro atoms. The Balaban J connectivity index is 1.89. The second kappa shape index (κ2) is 8.26. The summed E-state index contributed by atoms with van der Waals surface area (Å²) >= 11 is 1.37. The van der Waals surface area contributed by atoms with Gasteiger partial charge in [0.2, 0.25) is 0 Å². The fourth-order valence-electron chi connectivity index (χ4n) is 2.54. The van der Waals surface area contributed by atoms with Crippen molar-refractivity contribution in [2.75, 3.05) is 6.54 Å². The van der Waals surface area contributed by atoms with Crippen molar-refractivity contribution < 1.29 is 22.7 Å². The van der Waals surface area contributed by atoms with Crippen molar-refractivity contribution in [1.82, 2.24) is 4.90 Å². The van der Waals surface area contributed by atoms with Crippen molar-refractivity contribution in [3.8, 4) is 11.5 Å². The number of nitrogens with zero attached hydrogens (tertiary/aromatic N) is 1. The molecule has 3 rings (SSSR count). The van der Waals surface area contributed by atoms with Gasteiger partial charge in [-0.25, -0.2) is 0 Å². The number of carbonyl (C=O) groups is 1. The summed E-state index contributed by atoms with van der Waals surface area (Å²) in [6, 6.07) is 16.8. The lowest BCUT2D eigenvalue weighted by molar-refractivity contribution is -0.141. The number of amides is 1. The van der Waals surface area contributed by atoms with Gasteiger partial charge < -0.3 is 9.64 Å². The molecule has 0 fully saturated rings. The van der Waals surface area contributed by atoms with Crippen LogP contribution in [0.2, 0.25) is 0 Å². The van der Waals surface area contributed by atoms with Crippen molar-refractivity contribution >= 4 is 17.2 Å². The van der Waals surface area contributed by atoms with Gasteiger partial charge in [0.15, 0.2) is 0 Å². The number of hydrogen-bond donors (Lipinski definition) is 0. The highest BCUT2D eigenvalue weighted by Gasteiger charge is 2.34. The SMILES string of the molecule is O=C(c1ccccc1Oc1ccccc1)N(Cc1ccsc1)CC(F)(F)F. The fourth-order valence-corrected chi connectivity index (χ4v) is 3.20. The summed E-state index contributed by atoms with van der Waals surface area (Å²) in [7, 11) is 0. The molecule has 0 unspecified atom stereocenters. The highest BCUT2D eigenvalue weighted by atomic mass is 32.1. The highest BCUT2D eigenvalue weighted by molar-refractivity contribution is 7.07. The molecule has 140 valence electrons. The third-order valence-corrected chi connectivity index (χ3v) is 4.43. The van der Waals surface area contributed by atoms with Crippen molar-refractivity contribution in [2.45, 2.75) is 12.7 Å². The van der Waals surface area contributed by atoms with Crippen molar-refractivity contribution in [3.05, 3.63) is 82.6 Å². The van der Waals surface area contributed by atoms with E-state index in [1.807, 2.05) is 6.07 Å². The Labute approximate surface area is 158 Å². The zero-order chi connectivity index (χ0) is 19.3. The first-order valence-electron chi connectivity index (χ1n) is 8.11. The van der Waals surface area contributed by atoms with Gasteiger partial charge in [0, 0.05) is 6.54 Å². The molecule has 0 bridgehead atoms. The van der Waals surface area contributed by atoms with Gasteiger partial charge in [-0.15, -0.1) is 0 Å². The molecule has 2 aromatic carbocycles. The Kier molecular flexibility index (Phi) is 5.81. The molecule has 1 amide bonds. The van der Waals surface area contributed by atoms with E-state index >= 15 is 0 Å². The number of thiophene rings is 1.